The average molecular weight is 403 g/mol. The Morgan fingerprint density at radius 3 is 2.29 bits per heavy atom. The van der Waals surface area contributed by atoms with Crippen molar-refractivity contribution in [1.29, 1.82) is 0 Å². The van der Waals surface area contributed by atoms with Gasteiger partial charge in [0.25, 0.3) is 0 Å². The van der Waals surface area contributed by atoms with Crippen molar-refractivity contribution in [3.8, 4) is 0 Å². The van der Waals surface area contributed by atoms with E-state index in [9.17, 15) is 8.42 Å². The summed E-state index contributed by atoms with van der Waals surface area (Å²) >= 11 is 0. The van der Waals surface area contributed by atoms with E-state index in [0.29, 0.717) is 11.4 Å². The second kappa shape index (κ2) is 9.36. The van der Waals surface area contributed by atoms with Gasteiger partial charge in [0.15, 0.2) is 0 Å². The van der Waals surface area contributed by atoms with Crippen molar-refractivity contribution in [2.45, 2.75) is 83.1 Å². The molecular weight excluding hydrogens is 368 g/mol. The van der Waals surface area contributed by atoms with Gasteiger partial charge >= 0.3 is 0 Å². The normalized spacial score (nSPS) is 21.9. The van der Waals surface area contributed by atoms with Gasteiger partial charge in [-0.15, -0.1) is 0 Å². The molecule has 2 heterocycles. The van der Waals surface area contributed by atoms with Crippen LogP contribution in [0.4, 0.5) is 0 Å². The number of aryl methyl sites for hydroxylation is 1. The second-order valence-electron chi connectivity index (χ2n) is 8.45. The Balaban J connectivity index is 0.000000271. The predicted molar refractivity (Wildman–Crippen MR) is 116 cm³/mol. The second-order valence-corrected chi connectivity index (χ2v) is 10.3. The van der Waals surface area contributed by atoms with E-state index in [-0.39, 0.29) is 6.04 Å². The van der Waals surface area contributed by atoms with Gasteiger partial charge in [-0.05, 0) is 44.7 Å². The quantitative estimate of drug-likeness (QED) is 0.648. The summed E-state index contributed by atoms with van der Waals surface area (Å²) in [5.74, 6) is 1.04. The molecule has 0 spiro atoms. The number of pyridine rings is 1. The largest absolute Gasteiger partial charge is 0.261 e. The molecule has 0 N–H and O–H groups in total. The van der Waals surface area contributed by atoms with Crippen LogP contribution in [0.5, 0.6) is 0 Å². The number of sulfonamides is 1. The third-order valence-corrected chi connectivity index (χ3v) is 8.26. The van der Waals surface area contributed by atoms with Crippen LogP contribution >= 0.6 is 0 Å². The molecule has 1 atom stereocenters. The standard InChI is InChI=1S/C16H20N2O2S.C7H14/c1-12-6-3-4-11-18(12)21(19,20)16-8-5-7-14-13(2)17-10-9-15(14)16;1-7-5-3-2-4-6-7/h5,7-10,12H,3-4,6,11H2,1-2H3;7H,2-6H2,1H3. The zero-order valence-corrected chi connectivity index (χ0v) is 18.3. The van der Waals surface area contributed by atoms with Gasteiger partial charge in [0.05, 0.1) is 4.90 Å². The van der Waals surface area contributed by atoms with Gasteiger partial charge < -0.3 is 0 Å². The monoisotopic (exact) mass is 402 g/mol. The van der Waals surface area contributed by atoms with Gasteiger partial charge in [0.1, 0.15) is 0 Å². The smallest absolute Gasteiger partial charge is 0.243 e. The van der Waals surface area contributed by atoms with Gasteiger partial charge in [-0.3, -0.25) is 4.98 Å². The lowest BCUT2D eigenvalue weighted by Gasteiger charge is -2.32. The molecule has 1 aromatic carbocycles. The van der Waals surface area contributed by atoms with Gasteiger partial charge in [-0.1, -0.05) is 57.6 Å². The lowest BCUT2D eigenvalue weighted by molar-refractivity contribution is 0.269. The van der Waals surface area contributed by atoms with Crippen molar-refractivity contribution in [2.24, 2.45) is 5.92 Å². The highest BCUT2D eigenvalue weighted by Crippen LogP contribution is 2.30. The Bertz CT molecular complexity index is 889. The number of nitrogens with zero attached hydrogens (tertiary/aromatic N) is 2. The Hall–Kier alpha value is -1.46. The summed E-state index contributed by atoms with van der Waals surface area (Å²) in [4.78, 5) is 4.65. The molecule has 0 bridgehead atoms. The number of benzene rings is 1. The summed E-state index contributed by atoms with van der Waals surface area (Å²) in [6.45, 7) is 6.88. The lowest BCUT2D eigenvalue weighted by Crippen LogP contribution is -2.41. The maximum atomic E-state index is 13.0. The van der Waals surface area contributed by atoms with Crippen molar-refractivity contribution in [1.82, 2.24) is 9.29 Å². The molecule has 154 valence electrons. The first-order chi connectivity index (χ1) is 13.4. The van der Waals surface area contributed by atoms with Crippen LogP contribution in [0.1, 0.15) is 70.9 Å². The minimum Gasteiger partial charge on any atom is -0.261 e. The molecule has 5 heteroatoms. The SMILES string of the molecule is CC1CCCCC1.Cc1nccc2c(S(=O)(=O)N3CCCCC3C)cccc12. The van der Waals surface area contributed by atoms with E-state index < -0.39 is 10.0 Å². The van der Waals surface area contributed by atoms with Crippen molar-refractivity contribution in [3.63, 3.8) is 0 Å². The van der Waals surface area contributed by atoms with Crippen molar-refractivity contribution in [2.75, 3.05) is 6.54 Å². The van der Waals surface area contributed by atoms with E-state index in [4.69, 9.17) is 0 Å². The molecule has 1 aliphatic carbocycles. The van der Waals surface area contributed by atoms with Crippen LogP contribution in [0, 0.1) is 12.8 Å². The number of piperidine rings is 1. The Labute approximate surface area is 170 Å². The Kier molecular flexibility index (Phi) is 7.10. The van der Waals surface area contributed by atoms with E-state index in [1.165, 1.54) is 32.1 Å². The number of fused-ring (bicyclic) bond motifs is 1. The first-order valence-electron chi connectivity index (χ1n) is 10.8. The number of aromatic nitrogens is 1. The Morgan fingerprint density at radius 2 is 1.64 bits per heavy atom. The summed E-state index contributed by atoms with van der Waals surface area (Å²) in [5, 5.41) is 1.67. The fourth-order valence-corrected chi connectivity index (χ4v) is 6.32. The van der Waals surface area contributed by atoms with Crippen LogP contribution in [-0.2, 0) is 10.0 Å². The maximum Gasteiger partial charge on any atom is 0.243 e. The summed E-state index contributed by atoms with van der Waals surface area (Å²) in [5.41, 5.74) is 0.858. The molecule has 1 aromatic heterocycles. The highest BCUT2D eigenvalue weighted by atomic mass is 32.2. The minimum absolute atomic E-state index is 0.0712. The molecule has 1 saturated carbocycles. The van der Waals surface area contributed by atoms with Crippen LogP contribution in [0.3, 0.4) is 0 Å². The van der Waals surface area contributed by atoms with E-state index in [1.807, 2.05) is 19.9 Å². The van der Waals surface area contributed by atoms with Crippen LogP contribution in [0.25, 0.3) is 10.8 Å². The molecule has 2 fully saturated rings. The van der Waals surface area contributed by atoms with Crippen molar-refractivity contribution < 1.29 is 8.42 Å². The third-order valence-electron chi connectivity index (χ3n) is 6.19. The van der Waals surface area contributed by atoms with Gasteiger partial charge in [0, 0.05) is 35.2 Å². The summed E-state index contributed by atoms with van der Waals surface area (Å²) in [6.07, 6.45) is 12.1. The van der Waals surface area contributed by atoms with E-state index in [1.54, 1.807) is 28.7 Å². The van der Waals surface area contributed by atoms with Gasteiger partial charge in [-0.2, -0.15) is 4.31 Å². The number of hydrogen-bond acceptors (Lipinski definition) is 3. The molecule has 0 amide bonds. The van der Waals surface area contributed by atoms with E-state index in [2.05, 4.69) is 11.9 Å². The highest BCUT2D eigenvalue weighted by Gasteiger charge is 2.32. The topological polar surface area (TPSA) is 50.3 Å². The average Bonchev–Trinajstić information content (AvgIpc) is 2.69. The molecule has 28 heavy (non-hydrogen) atoms. The van der Waals surface area contributed by atoms with Crippen molar-refractivity contribution >= 4 is 20.8 Å². The molecule has 4 rings (SSSR count). The van der Waals surface area contributed by atoms with E-state index in [0.717, 1.165) is 41.6 Å². The molecule has 2 aromatic rings. The molecule has 4 nitrogen and oxygen atoms in total. The van der Waals surface area contributed by atoms with E-state index >= 15 is 0 Å². The van der Waals surface area contributed by atoms with Crippen LogP contribution in [-0.4, -0.2) is 30.3 Å². The number of hydrogen-bond donors (Lipinski definition) is 0. The molecule has 1 saturated heterocycles. The van der Waals surface area contributed by atoms with Crippen LogP contribution < -0.4 is 0 Å². The van der Waals surface area contributed by atoms with Gasteiger partial charge in [0.2, 0.25) is 10.0 Å². The fraction of sp³-hybridized carbons (Fsp3) is 0.609. The lowest BCUT2D eigenvalue weighted by atomic mass is 9.91. The van der Waals surface area contributed by atoms with Crippen molar-refractivity contribution in [3.05, 3.63) is 36.2 Å². The number of rotatable bonds is 2. The molecular formula is C23H34N2O2S. The minimum atomic E-state index is -3.45. The highest BCUT2D eigenvalue weighted by molar-refractivity contribution is 7.89. The maximum absolute atomic E-state index is 13.0. The zero-order valence-electron chi connectivity index (χ0n) is 17.5. The fourth-order valence-electron chi connectivity index (χ4n) is 4.41. The van der Waals surface area contributed by atoms with Crippen LogP contribution in [0.2, 0.25) is 0 Å². The Morgan fingerprint density at radius 1 is 0.929 bits per heavy atom. The molecule has 1 aliphatic heterocycles. The summed E-state index contributed by atoms with van der Waals surface area (Å²) in [6, 6.07) is 7.30. The summed E-state index contributed by atoms with van der Waals surface area (Å²) < 4.78 is 27.7. The predicted octanol–water partition coefficient (Wildman–Crippen LogP) is 5.69. The first-order valence-corrected chi connectivity index (χ1v) is 12.2. The summed E-state index contributed by atoms with van der Waals surface area (Å²) in [7, 11) is -3.45. The van der Waals surface area contributed by atoms with Gasteiger partial charge in [-0.25, -0.2) is 8.42 Å². The molecule has 1 unspecified atom stereocenters. The third kappa shape index (κ3) is 4.74. The first kappa shape index (κ1) is 21.3. The molecule has 2 aliphatic rings. The van der Waals surface area contributed by atoms with Crippen LogP contribution in [0.15, 0.2) is 35.4 Å². The molecule has 0 radical (unpaired) electrons. The zero-order chi connectivity index (χ0) is 20.1.